The Morgan fingerprint density at radius 1 is 1.17 bits per heavy atom. The molecule has 1 aromatic rings. The lowest BCUT2D eigenvalue weighted by Crippen LogP contribution is -2.45. The minimum Gasteiger partial charge on any atom is -0.454 e. The number of sulfonamides is 1. The highest BCUT2D eigenvalue weighted by Gasteiger charge is 2.50. The zero-order valence-corrected chi connectivity index (χ0v) is 21.8. The van der Waals surface area contributed by atoms with Crippen LogP contribution in [-0.4, -0.2) is 57.6 Å². The van der Waals surface area contributed by atoms with Crippen LogP contribution in [0.3, 0.4) is 0 Å². The molecule has 194 valence electrons. The second-order valence-electron chi connectivity index (χ2n) is 8.32. The summed E-state index contributed by atoms with van der Waals surface area (Å²) in [6.07, 6.45) is 2.86. The van der Waals surface area contributed by atoms with Crippen molar-refractivity contribution in [1.29, 1.82) is 0 Å². The van der Waals surface area contributed by atoms with Gasteiger partial charge in [0.2, 0.25) is 6.79 Å². The number of hydrogen-bond donors (Lipinski definition) is 1. The molecule has 4 aliphatic heterocycles. The van der Waals surface area contributed by atoms with Gasteiger partial charge in [-0.1, -0.05) is 0 Å². The molecule has 10 nitrogen and oxygen atoms in total. The van der Waals surface area contributed by atoms with Gasteiger partial charge in [-0.25, -0.2) is 23.4 Å². The summed E-state index contributed by atoms with van der Waals surface area (Å²) in [5.41, 5.74) is 1.20. The lowest BCUT2D eigenvalue weighted by molar-refractivity contribution is -0.0497. The van der Waals surface area contributed by atoms with Crippen LogP contribution in [0.1, 0.15) is 19.3 Å². The molecule has 0 unspecified atom stereocenters. The smallest absolute Gasteiger partial charge is 0.454 e. The van der Waals surface area contributed by atoms with E-state index in [1.807, 2.05) is 12.1 Å². The van der Waals surface area contributed by atoms with Crippen molar-refractivity contribution < 1.29 is 31.1 Å². The number of imidazole rings is 1. The number of ether oxygens (including phenoxy) is 2. The van der Waals surface area contributed by atoms with Crippen LogP contribution in [0.2, 0.25) is 0 Å². The van der Waals surface area contributed by atoms with Gasteiger partial charge in [0, 0.05) is 29.0 Å². The standard InChI is InChI=1S/C20H20BrF3N6O4S2/c21-12-7-13-14(34-10-33-13)8-15(12)35-19-27-16-17(25)26-9-29(18(16)28-19)4-1-11-2-5-30(6-3-11)36(31,32)20(22,23)24/h7-9,11H,1-6,10,25H2. The van der Waals surface area contributed by atoms with Crippen LogP contribution in [0.15, 0.2) is 33.0 Å². The Morgan fingerprint density at radius 2 is 1.86 bits per heavy atom. The maximum absolute atomic E-state index is 12.8. The lowest BCUT2D eigenvalue weighted by atomic mass is 9.94. The molecule has 0 atom stereocenters. The molecule has 0 spiro atoms. The Labute approximate surface area is 216 Å². The first kappa shape index (κ1) is 25.4. The molecule has 1 saturated heterocycles. The fourth-order valence-corrected chi connectivity index (χ4v) is 6.46. The first-order valence-corrected chi connectivity index (χ1v) is 13.9. The predicted octanol–water partition coefficient (Wildman–Crippen LogP) is 3.95. The lowest BCUT2D eigenvalue weighted by Gasteiger charge is -2.31. The highest BCUT2D eigenvalue weighted by molar-refractivity contribution is 9.10. The van der Waals surface area contributed by atoms with Gasteiger partial charge >= 0.3 is 15.5 Å². The fraction of sp³-hybridized carbons (Fsp3) is 0.450. The van der Waals surface area contributed by atoms with E-state index >= 15 is 0 Å². The molecule has 0 radical (unpaired) electrons. The summed E-state index contributed by atoms with van der Waals surface area (Å²) in [5, 5.41) is 0.462. The summed E-state index contributed by atoms with van der Waals surface area (Å²) < 4.78 is 75.6. The SMILES string of the molecule is Nc1ncn(CCC2CCN(S(=O)(=O)C(F)(F)F)CC2)c2nc(Sc3cc4c(cc3Br)OCO4)nc1-2. The molecule has 0 saturated carbocycles. The van der Waals surface area contributed by atoms with Gasteiger partial charge in [0.1, 0.15) is 0 Å². The Balaban J connectivity index is 1.27. The molecule has 5 rings (SSSR count). The fourth-order valence-electron chi connectivity index (χ4n) is 4.12. The number of nitrogen functional groups attached to an aromatic ring is 1. The summed E-state index contributed by atoms with van der Waals surface area (Å²) in [7, 11) is -5.29. The second kappa shape index (κ2) is 9.54. The van der Waals surface area contributed by atoms with E-state index in [4.69, 9.17) is 15.2 Å². The van der Waals surface area contributed by atoms with Crippen LogP contribution < -0.4 is 15.2 Å². The number of benzene rings is 1. The number of nitrogens with zero attached hydrogens (tertiary/aromatic N) is 5. The summed E-state index contributed by atoms with van der Waals surface area (Å²) in [6, 6.07) is 3.65. The molecular formula is C20H20BrF3N6O4S2. The molecular weight excluding hydrogens is 589 g/mol. The van der Waals surface area contributed by atoms with E-state index in [0.29, 0.717) is 58.3 Å². The van der Waals surface area contributed by atoms with Crippen molar-refractivity contribution in [3.63, 3.8) is 0 Å². The van der Waals surface area contributed by atoms with Crippen LogP contribution in [0.5, 0.6) is 11.5 Å². The number of nitrogens with two attached hydrogens (primary N) is 1. The largest absolute Gasteiger partial charge is 0.511 e. The normalized spacial score (nSPS) is 17.2. The molecule has 4 heterocycles. The molecule has 0 amide bonds. The molecule has 4 aliphatic rings. The molecule has 0 bridgehead atoms. The molecule has 1 fully saturated rings. The van der Waals surface area contributed by atoms with E-state index in [2.05, 4.69) is 30.9 Å². The second-order valence-corrected chi connectivity index (χ2v) is 12.1. The molecule has 0 aromatic heterocycles. The van der Waals surface area contributed by atoms with Crippen molar-refractivity contribution >= 4 is 43.5 Å². The minimum atomic E-state index is -5.29. The maximum atomic E-state index is 12.8. The highest BCUT2D eigenvalue weighted by Crippen LogP contribution is 2.43. The van der Waals surface area contributed by atoms with Crippen LogP contribution >= 0.6 is 27.7 Å². The number of alkyl halides is 3. The molecule has 1 aromatic carbocycles. The topological polar surface area (TPSA) is 125 Å². The van der Waals surface area contributed by atoms with Crippen LogP contribution in [0, 0.1) is 5.92 Å². The third-order valence-corrected chi connectivity index (χ3v) is 9.56. The van der Waals surface area contributed by atoms with Gasteiger partial charge in [0.05, 0.1) is 6.33 Å². The Hall–Kier alpha value is -2.30. The summed E-state index contributed by atoms with van der Waals surface area (Å²) in [4.78, 5) is 14.2. The van der Waals surface area contributed by atoms with Crippen molar-refractivity contribution in [2.75, 3.05) is 25.6 Å². The number of fused-ring (bicyclic) bond motifs is 2. The average Bonchev–Trinajstić information content (AvgIpc) is 3.46. The zero-order chi connectivity index (χ0) is 25.7. The number of hydrogen-bond acceptors (Lipinski definition) is 9. The highest BCUT2D eigenvalue weighted by atomic mass is 79.9. The number of aromatic nitrogens is 4. The molecule has 36 heavy (non-hydrogen) atoms. The Bertz CT molecular complexity index is 1360. The predicted molar refractivity (Wildman–Crippen MR) is 127 cm³/mol. The van der Waals surface area contributed by atoms with Crippen LogP contribution in [-0.2, 0) is 16.6 Å². The van der Waals surface area contributed by atoms with Crippen molar-refractivity contribution in [2.45, 2.75) is 41.4 Å². The van der Waals surface area contributed by atoms with E-state index in [9.17, 15) is 21.6 Å². The maximum Gasteiger partial charge on any atom is 0.511 e. The van der Waals surface area contributed by atoms with Crippen molar-refractivity contribution in [2.24, 2.45) is 5.92 Å². The van der Waals surface area contributed by atoms with Gasteiger partial charge in [0.25, 0.3) is 0 Å². The quantitative estimate of drug-likeness (QED) is 0.442. The van der Waals surface area contributed by atoms with Gasteiger partial charge in [-0.15, -0.1) is 0 Å². The molecule has 0 aliphatic carbocycles. The molecule has 2 N–H and O–H groups in total. The Kier molecular flexibility index (Phi) is 6.72. The summed E-state index contributed by atoms with van der Waals surface area (Å²) in [5.74, 6) is 2.11. The van der Waals surface area contributed by atoms with Gasteiger partial charge < -0.3 is 19.8 Å². The van der Waals surface area contributed by atoms with Gasteiger partial charge in [-0.2, -0.15) is 17.5 Å². The number of rotatable bonds is 6. The van der Waals surface area contributed by atoms with E-state index in [-0.39, 0.29) is 31.6 Å². The first-order valence-electron chi connectivity index (χ1n) is 10.8. The summed E-state index contributed by atoms with van der Waals surface area (Å²) in [6.45, 7) is 0.324. The van der Waals surface area contributed by atoms with Crippen molar-refractivity contribution in [3.05, 3.63) is 22.9 Å². The Morgan fingerprint density at radius 3 is 2.56 bits per heavy atom. The zero-order valence-electron chi connectivity index (χ0n) is 18.5. The van der Waals surface area contributed by atoms with Gasteiger partial charge in [0.15, 0.2) is 34.0 Å². The number of aryl methyl sites for hydroxylation is 1. The molecule has 16 heteroatoms. The van der Waals surface area contributed by atoms with Crippen LogP contribution in [0.4, 0.5) is 19.0 Å². The van der Waals surface area contributed by atoms with Gasteiger partial charge in [-0.3, -0.25) is 0 Å². The number of anilines is 1. The van der Waals surface area contributed by atoms with E-state index in [0.717, 1.165) is 9.37 Å². The van der Waals surface area contributed by atoms with Gasteiger partial charge in [-0.05, 0) is 65.0 Å². The van der Waals surface area contributed by atoms with E-state index in [1.165, 1.54) is 11.8 Å². The average molecular weight is 609 g/mol. The third kappa shape index (κ3) is 4.82. The van der Waals surface area contributed by atoms with E-state index in [1.54, 1.807) is 10.9 Å². The minimum absolute atomic E-state index is 0.0612. The number of piperidine rings is 1. The monoisotopic (exact) mass is 608 g/mol. The van der Waals surface area contributed by atoms with E-state index < -0.39 is 15.5 Å². The van der Waals surface area contributed by atoms with Crippen LogP contribution in [0.25, 0.3) is 11.5 Å². The number of halogens is 4. The summed E-state index contributed by atoms with van der Waals surface area (Å²) >= 11 is 4.84. The first-order chi connectivity index (χ1) is 17.0. The van der Waals surface area contributed by atoms with Crippen molar-refractivity contribution in [1.82, 2.24) is 23.8 Å². The third-order valence-electron chi connectivity index (χ3n) is 6.08. The van der Waals surface area contributed by atoms with Crippen molar-refractivity contribution in [3.8, 4) is 23.0 Å².